The van der Waals surface area contributed by atoms with Gasteiger partial charge in [-0.3, -0.25) is 14.9 Å². The van der Waals surface area contributed by atoms with Crippen molar-refractivity contribution in [3.05, 3.63) is 39.4 Å². The second-order valence-electron chi connectivity index (χ2n) is 5.63. The molecule has 1 N–H and O–H groups in total. The third kappa shape index (κ3) is 5.21. The van der Waals surface area contributed by atoms with E-state index in [0.29, 0.717) is 5.56 Å². The Morgan fingerprint density at radius 2 is 1.95 bits per heavy atom. The van der Waals surface area contributed by atoms with Crippen LogP contribution in [0.1, 0.15) is 36.7 Å². The largest absolute Gasteiger partial charge is 0.452 e. The smallest absolute Gasteiger partial charge is 0.338 e. The molecule has 0 unspecified atom stereocenters. The molecule has 0 spiro atoms. The first-order chi connectivity index (χ1) is 9.60. The highest BCUT2D eigenvalue weighted by Crippen LogP contribution is 2.19. The van der Waals surface area contributed by atoms with Crippen molar-refractivity contribution in [2.24, 2.45) is 0 Å². The molecule has 0 radical (unpaired) electrons. The van der Waals surface area contributed by atoms with Gasteiger partial charge in [0.2, 0.25) is 0 Å². The van der Waals surface area contributed by atoms with Gasteiger partial charge in [0.1, 0.15) is 0 Å². The summed E-state index contributed by atoms with van der Waals surface area (Å²) >= 11 is 0. The molecule has 7 nitrogen and oxygen atoms in total. The van der Waals surface area contributed by atoms with Gasteiger partial charge in [0.15, 0.2) is 6.61 Å². The number of aryl methyl sites for hydroxylation is 1. The average molecular weight is 294 g/mol. The average Bonchev–Trinajstić information content (AvgIpc) is 2.34. The quantitative estimate of drug-likeness (QED) is 0.520. The summed E-state index contributed by atoms with van der Waals surface area (Å²) in [5, 5.41) is 13.4. The zero-order chi connectivity index (χ0) is 16.2. The highest BCUT2D eigenvalue weighted by atomic mass is 16.6. The molecule has 0 atom stereocenters. The summed E-state index contributed by atoms with van der Waals surface area (Å²) in [6, 6.07) is 4.02. The van der Waals surface area contributed by atoms with Crippen molar-refractivity contribution in [2.45, 2.75) is 33.2 Å². The maximum Gasteiger partial charge on any atom is 0.338 e. The van der Waals surface area contributed by atoms with E-state index in [-0.39, 0.29) is 11.3 Å². The molecule has 21 heavy (non-hydrogen) atoms. The van der Waals surface area contributed by atoms with Crippen LogP contribution in [0.15, 0.2) is 18.2 Å². The lowest BCUT2D eigenvalue weighted by atomic mass is 10.1. The van der Waals surface area contributed by atoms with Crippen molar-refractivity contribution in [3.63, 3.8) is 0 Å². The van der Waals surface area contributed by atoms with Gasteiger partial charge in [-0.15, -0.1) is 0 Å². The Morgan fingerprint density at radius 1 is 1.33 bits per heavy atom. The van der Waals surface area contributed by atoms with E-state index in [2.05, 4.69) is 5.32 Å². The van der Waals surface area contributed by atoms with Gasteiger partial charge < -0.3 is 10.1 Å². The number of ether oxygens (including phenoxy) is 1. The molecule has 1 amide bonds. The summed E-state index contributed by atoms with van der Waals surface area (Å²) in [5.74, 6) is -1.21. The van der Waals surface area contributed by atoms with Gasteiger partial charge >= 0.3 is 5.97 Å². The van der Waals surface area contributed by atoms with Gasteiger partial charge in [-0.1, -0.05) is 6.07 Å². The van der Waals surface area contributed by atoms with Crippen molar-refractivity contribution in [1.29, 1.82) is 0 Å². The standard InChI is InChI=1S/C14H18N2O5/c1-9-5-6-10(7-11(9)16(19)20)13(18)21-8-12(17)15-14(2,3)4/h5-7H,8H2,1-4H3,(H,15,17). The normalized spacial score (nSPS) is 10.9. The van der Waals surface area contributed by atoms with Gasteiger partial charge in [0, 0.05) is 17.2 Å². The summed E-state index contributed by atoms with van der Waals surface area (Å²) < 4.78 is 4.84. The van der Waals surface area contributed by atoms with Crippen LogP contribution in [-0.4, -0.2) is 28.9 Å². The highest BCUT2D eigenvalue weighted by molar-refractivity contribution is 5.92. The predicted molar refractivity (Wildman–Crippen MR) is 76.0 cm³/mol. The van der Waals surface area contributed by atoms with Gasteiger partial charge in [0.05, 0.1) is 10.5 Å². The number of hydrogen-bond acceptors (Lipinski definition) is 5. The molecule has 114 valence electrons. The first kappa shape index (κ1) is 16.6. The van der Waals surface area contributed by atoms with E-state index in [9.17, 15) is 19.7 Å². The van der Waals surface area contributed by atoms with E-state index in [0.717, 1.165) is 6.07 Å². The minimum Gasteiger partial charge on any atom is -0.452 e. The molecule has 0 heterocycles. The monoisotopic (exact) mass is 294 g/mol. The number of nitro benzene ring substituents is 1. The maximum absolute atomic E-state index is 11.8. The topological polar surface area (TPSA) is 98.5 Å². The summed E-state index contributed by atoms with van der Waals surface area (Å²) in [5.41, 5.74) is -0.104. The Hall–Kier alpha value is -2.44. The van der Waals surface area contributed by atoms with E-state index >= 15 is 0 Å². The number of carbonyl (C=O) groups is 2. The zero-order valence-electron chi connectivity index (χ0n) is 12.4. The lowest BCUT2D eigenvalue weighted by molar-refractivity contribution is -0.385. The molecule has 0 aliphatic carbocycles. The third-order valence-corrected chi connectivity index (χ3v) is 2.49. The summed E-state index contributed by atoms with van der Waals surface area (Å²) in [6.07, 6.45) is 0. The SMILES string of the molecule is Cc1ccc(C(=O)OCC(=O)NC(C)(C)C)cc1[N+](=O)[O-]. The fourth-order valence-corrected chi connectivity index (χ4v) is 1.60. The summed E-state index contributed by atoms with van der Waals surface area (Å²) in [4.78, 5) is 33.5. The number of benzene rings is 1. The first-order valence-corrected chi connectivity index (χ1v) is 6.33. The minimum atomic E-state index is -0.776. The van der Waals surface area contributed by atoms with Crippen molar-refractivity contribution in [1.82, 2.24) is 5.32 Å². The Bertz CT molecular complexity index is 575. The zero-order valence-corrected chi connectivity index (χ0v) is 12.4. The van der Waals surface area contributed by atoms with Crippen molar-refractivity contribution in [2.75, 3.05) is 6.61 Å². The molecule has 0 aliphatic heterocycles. The van der Waals surface area contributed by atoms with Crippen LogP contribution in [0.3, 0.4) is 0 Å². The van der Waals surface area contributed by atoms with Crippen LogP contribution in [0, 0.1) is 17.0 Å². The third-order valence-electron chi connectivity index (χ3n) is 2.49. The number of esters is 1. The summed E-state index contributed by atoms with van der Waals surface area (Å²) in [6.45, 7) is 6.55. The number of nitro groups is 1. The Labute approximate surface area is 122 Å². The lowest BCUT2D eigenvalue weighted by Gasteiger charge is -2.20. The Balaban J connectivity index is 2.71. The molecule has 0 saturated carbocycles. The molecule has 7 heteroatoms. The Morgan fingerprint density at radius 3 is 2.48 bits per heavy atom. The van der Waals surface area contributed by atoms with Gasteiger partial charge in [0.25, 0.3) is 11.6 Å². The van der Waals surface area contributed by atoms with Crippen molar-refractivity contribution < 1.29 is 19.2 Å². The van der Waals surface area contributed by atoms with Crippen LogP contribution in [0.4, 0.5) is 5.69 Å². The van der Waals surface area contributed by atoms with E-state index in [1.54, 1.807) is 27.7 Å². The number of nitrogens with one attached hydrogen (secondary N) is 1. The molecule has 0 aromatic heterocycles. The minimum absolute atomic E-state index is 0.0378. The van der Waals surface area contributed by atoms with Crippen LogP contribution >= 0.6 is 0 Å². The van der Waals surface area contributed by atoms with Crippen LogP contribution < -0.4 is 5.32 Å². The van der Waals surface area contributed by atoms with E-state index in [1.807, 2.05) is 0 Å². The molecular formula is C14H18N2O5. The number of rotatable bonds is 4. The molecule has 0 bridgehead atoms. The predicted octanol–water partition coefficient (Wildman–Crippen LogP) is 1.97. The van der Waals surface area contributed by atoms with Gasteiger partial charge in [-0.2, -0.15) is 0 Å². The fourth-order valence-electron chi connectivity index (χ4n) is 1.60. The molecule has 1 rings (SSSR count). The van der Waals surface area contributed by atoms with Crippen LogP contribution in [0.2, 0.25) is 0 Å². The number of amides is 1. The first-order valence-electron chi connectivity index (χ1n) is 6.33. The second-order valence-corrected chi connectivity index (χ2v) is 5.63. The second kappa shape index (κ2) is 6.34. The highest BCUT2D eigenvalue weighted by Gasteiger charge is 2.18. The van der Waals surface area contributed by atoms with Crippen molar-refractivity contribution in [3.8, 4) is 0 Å². The lowest BCUT2D eigenvalue weighted by Crippen LogP contribution is -2.42. The number of carbonyl (C=O) groups excluding carboxylic acids is 2. The molecule has 0 fully saturated rings. The molecule has 1 aromatic rings. The maximum atomic E-state index is 11.8. The van der Waals surface area contributed by atoms with Crippen LogP contribution in [-0.2, 0) is 9.53 Å². The van der Waals surface area contributed by atoms with Crippen LogP contribution in [0.5, 0.6) is 0 Å². The molecular weight excluding hydrogens is 276 g/mol. The molecule has 0 aliphatic rings. The number of hydrogen-bond donors (Lipinski definition) is 1. The van der Waals surface area contributed by atoms with E-state index in [1.165, 1.54) is 12.1 Å². The fraction of sp³-hybridized carbons (Fsp3) is 0.429. The van der Waals surface area contributed by atoms with Crippen LogP contribution in [0.25, 0.3) is 0 Å². The molecule has 1 aromatic carbocycles. The van der Waals surface area contributed by atoms with Gasteiger partial charge in [-0.25, -0.2) is 4.79 Å². The van der Waals surface area contributed by atoms with Crippen molar-refractivity contribution >= 4 is 17.6 Å². The van der Waals surface area contributed by atoms with E-state index < -0.39 is 28.9 Å². The molecule has 0 saturated heterocycles. The van der Waals surface area contributed by atoms with E-state index in [4.69, 9.17) is 4.74 Å². The Kier molecular flexibility index (Phi) is 5.02. The number of nitrogens with zero attached hydrogens (tertiary/aromatic N) is 1. The van der Waals surface area contributed by atoms with Gasteiger partial charge in [-0.05, 0) is 33.8 Å². The summed E-state index contributed by atoms with van der Waals surface area (Å²) in [7, 11) is 0.